The fourth-order valence-electron chi connectivity index (χ4n) is 1.68. The maximum absolute atomic E-state index is 5.78. The molecule has 2 aromatic rings. The zero-order valence-electron chi connectivity index (χ0n) is 13.1. The van der Waals surface area contributed by atoms with Crippen LogP contribution in [0.5, 0.6) is 11.6 Å². The molecule has 5 nitrogen and oxygen atoms in total. The molecule has 0 fully saturated rings. The molecule has 0 aliphatic heterocycles. The summed E-state index contributed by atoms with van der Waals surface area (Å²) >= 11 is 0. The highest BCUT2D eigenvalue weighted by Crippen LogP contribution is 2.26. The predicted molar refractivity (Wildman–Crippen MR) is 83.8 cm³/mol. The topological polar surface area (TPSA) is 59.9 Å². The van der Waals surface area contributed by atoms with Crippen LogP contribution in [0.1, 0.15) is 39.9 Å². The highest BCUT2D eigenvalue weighted by molar-refractivity contribution is 5.40. The molecule has 0 saturated heterocycles. The van der Waals surface area contributed by atoms with Crippen molar-refractivity contribution in [1.29, 1.82) is 0 Å². The van der Waals surface area contributed by atoms with Gasteiger partial charge in [-0.15, -0.1) is 0 Å². The maximum Gasteiger partial charge on any atom is 0.224 e. The lowest BCUT2D eigenvalue weighted by atomic mass is 9.96. The molecule has 2 heterocycles. The van der Waals surface area contributed by atoms with E-state index >= 15 is 0 Å². The molecule has 0 amide bonds. The Morgan fingerprint density at radius 2 is 2.05 bits per heavy atom. The normalized spacial score (nSPS) is 11.2. The van der Waals surface area contributed by atoms with Crippen LogP contribution in [0.25, 0.3) is 0 Å². The van der Waals surface area contributed by atoms with Crippen molar-refractivity contribution in [2.75, 3.05) is 11.9 Å². The van der Waals surface area contributed by atoms with E-state index in [9.17, 15) is 0 Å². The Kier molecular flexibility index (Phi) is 4.73. The minimum atomic E-state index is -0.142. The summed E-state index contributed by atoms with van der Waals surface area (Å²) in [6.07, 6.45) is 4.41. The summed E-state index contributed by atoms with van der Waals surface area (Å²) < 4.78 is 5.78. The number of rotatable bonds is 5. The van der Waals surface area contributed by atoms with Gasteiger partial charge in [0.1, 0.15) is 17.4 Å². The van der Waals surface area contributed by atoms with Gasteiger partial charge in [0.25, 0.3) is 0 Å². The lowest BCUT2D eigenvalue weighted by Crippen LogP contribution is -2.17. The maximum atomic E-state index is 5.78. The minimum absolute atomic E-state index is 0.142. The first-order valence-corrected chi connectivity index (χ1v) is 7.20. The number of hydrogen-bond donors (Lipinski definition) is 1. The van der Waals surface area contributed by atoms with Crippen LogP contribution >= 0.6 is 0 Å². The summed E-state index contributed by atoms with van der Waals surface area (Å²) in [5, 5.41) is 3.29. The molecular formula is C16H22N4O. The van der Waals surface area contributed by atoms with Gasteiger partial charge in [0, 0.05) is 24.2 Å². The number of nitrogens with zero attached hydrogens (tertiary/aromatic N) is 3. The van der Waals surface area contributed by atoms with Gasteiger partial charge in [-0.3, -0.25) is 4.98 Å². The molecule has 1 N–H and O–H groups in total. The molecule has 0 unspecified atom stereocenters. The van der Waals surface area contributed by atoms with E-state index in [1.165, 1.54) is 0 Å². The van der Waals surface area contributed by atoms with Gasteiger partial charge in [0.05, 0.1) is 6.20 Å². The summed E-state index contributed by atoms with van der Waals surface area (Å²) in [7, 11) is 0. The largest absolute Gasteiger partial charge is 0.437 e. The van der Waals surface area contributed by atoms with Gasteiger partial charge in [-0.25, -0.2) is 4.98 Å². The van der Waals surface area contributed by atoms with Crippen molar-refractivity contribution in [2.24, 2.45) is 0 Å². The van der Waals surface area contributed by atoms with Crippen molar-refractivity contribution in [3.05, 3.63) is 36.4 Å². The van der Waals surface area contributed by atoms with Gasteiger partial charge in [-0.1, -0.05) is 27.7 Å². The zero-order chi connectivity index (χ0) is 15.3. The van der Waals surface area contributed by atoms with Gasteiger partial charge >= 0.3 is 0 Å². The van der Waals surface area contributed by atoms with E-state index in [2.05, 4.69) is 48.0 Å². The number of anilines is 1. The fourth-order valence-corrected chi connectivity index (χ4v) is 1.68. The molecule has 0 aliphatic carbocycles. The lowest BCUT2D eigenvalue weighted by molar-refractivity contribution is 0.444. The van der Waals surface area contributed by atoms with Crippen LogP contribution in [0, 0.1) is 0 Å². The van der Waals surface area contributed by atoms with Gasteiger partial charge in [0.2, 0.25) is 5.88 Å². The molecule has 0 aliphatic rings. The van der Waals surface area contributed by atoms with E-state index in [0.29, 0.717) is 11.6 Å². The molecule has 2 rings (SSSR count). The quantitative estimate of drug-likeness (QED) is 0.906. The first kappa shape index (κ1) is 15.2. The Bertz CT molecular complexity index is 579. The Morgan fingerprint density at radius 1 is 1.24 bits per heavy atom. The molecule has 0 atom stereocenters. The number of pyridine rings is 1. The second kappa shape index (κ2) is 6.52. The van der Waals surface area contributed by atoms with Crippen LogP contribution in [-0.2, 0) is 5.41 Å². The lowest BCUT2D eigenvalue weighted by Gasteiger charge is -2.18. The third kappa shape index (κ3) is 4.41. The van der Waals surface area contributed by atoms with Crippen LogP contribution in [0.2, 0.25) is 0 Å². The Hall–Kier alpha value is -2.17. The average molecular weight is 286 g/mol. The number of ether oxygens (including phenoxy) is 1. The highest BCUT2D eigenvalue weighted by Gasteiger charge is 2.19. The van der Waals surface area contributed by atoms with Crippen LogP contribution < -0.4 is 10.1 Å². The summed E-state index contributed by atoms with van der Waals surface area (Å²) in [5.41, 5.74) is -0.142. The minimum Gasteiger partial charge on any atom is -0.437 e. The monoisotopic (exact) mass is 286 g/mol. The van der Waals surface area contributed by atoms with Crippen molar-refractivity contribution in [1.82, 2.24) is 15.0 Å². The SMILES string of the molecule is CCCNc1cc(Oc2cccnc2)nc(C(C)(C)C)n1. The van der Waals surface area contributed by atoms with Crippen molar-refractivity contribution in [2.45, 2.75) is 39.5 Å². The first-order chi connectivity index (χ1) is 9.99. The van der Waals surface area contributed by atoms with E-state index in [-0.39, 0.29) is 5.41 Å². The molecule has 0 radical (unpaired) electrons. The van der Waals surface area contributed by atoms with E-state index in [0.717, 1.165) is 24.6 Å². The van der Waals surface area contributed by atoms with Crippen LogP contribution in [0.4, 0.5) is 5.82 Å². The van der Waals surface area contributed by atoms with Crippen LogP contribution in [0.3, 0.4) is 0 Å². The average Bonchev–Trinajstić information content (AvgIpc) is 2.45. The standard InChI is InChI=1S/C16H22N4O/c1-5-8-18-13-10-14(20-15(19-13)16(2,3)4)21-12-7-6-9-17-11-12/h6-7,9-11H,5,8H2,1-4H3,(H,18,19,20). The molecule has 0 aromatic carbocycles. The van der Waals surface area contributed by atoms with E-state index in [1.54, 1.807) is 12.4 Å². The molecule has 0 saturated carbocycles. The number of hydrogen-bond acceptors (Lipinski definition) is 5. The number of nitrogens with one attached hydrogen (secondary N) is 1. The van der Waals surface area contributed by atoms with Gasteiger partial charge in [-0.05, 0) is 18.6 Å². The molecule has 112 valence electrons. The van der Waals surface area contributed by atoms with E-state index in [1.807, 2.05) is 18.2 Å². The van der Waals surface area contributed by atoms with Crippen molar-refractivity contribution in [3.63, 3.8) is 0 Å². The second-order valence-corrected chi connectivity index (χ2v) is 5.88. The third-order valence-electron chi connectivity index (χ3n) is 2.79. The smallest absolute Gasteiger partial charge is 0.224 e. The summed E-state index contributed by atoms with van der Waals surface area (Å²) in [5.74, 6) is 2.73. The number of aromatic nitrogens is 3. The van der Waals surface area contributed by atoms with Crippen LogP contribution in [-0.4, -0.2) is 21.5 Å². The third-order valence-corrected chi connectivity index (χ3v) is 2.79. The Balaban J connectivity index is 2.30. The van der Waals surface area contributed by atoms with Crippen molar-refractivity contribution in [3.8, 4) is 11.6 Å². The van der Waals surface area contributed by atoms with Crippen molar-refractivity contribution >= 4 is 5.82 Å². The predicted octanol–water partition coefficient (Wildman–Crippen LogP) is 3.78. The summed E-state index contributed by atoms with van der Waals surface area (Å²) in [6, 6.07) is 5.50. The van der Waals surface area contributed by atoms with Gasteiger partial charge in [0.15, 0.2) is 0 Å². The molecule has 21 heavy (non-hydrogen) atoms. The fraction of sp³-hybridized carbons (Fsp3) is 0.438. The highest BCUT2D eigenvalue weighted by atomic mass is 16.5. The van der Waals surface area contributed by atoms with Crippen molar-refractivity contribution < 1.29 is 4.74 Å². The molecular weight excluding hydrogens is 264 g/mol. The Morgan fingerprint density at radius 3 is 2.67 bits per heavy atom. The summed E-state index contributed by atoms with van der Waals surface area (Å²) in [6.45, 7) is 9.23. The molecule has 5 heteroatoms. The van der Waals surface area contributed by atoms with Crippen LogP contribution in [0.15, 0.2) is 30.6 Å². The van der Waals surface area contributed by atoms with Gasteiger partial charge in [-0.2, -0.15) is 4.98 Å². The Labute approximate surface area is 125 Å². The van der Waals surface area contributed by atoms with Gasteiger partial charge < -0.3 is 10.1 Å². The first-order valence-electron chi connectivity index (χ1n) is 7.20. The van der Waals surface area contributed by atoms with E-state index < -0.39 is 0 Å². The van der Waals surface area contributed by atoms with E-state index in [4.69, 9.17) is 4.74 Å². The second-order valence-electron chi connectivity index (χ2n) is 5.88. The summed E-state index contributed by atoms with van der Waals surface area (Å²) in [4.78, 5) is 13.1. The molecule has 2 aromatic heterocycles. The zero-order valence-corrected chi connectivity index (χ0v) is 13.1. The molecule has 0 spiro atoms. The molecule has 0 bridgehead atoms.